The predicted molar refractivity (Wildman–Crippen MR) is 77.8 cm³/mol. The summed E-state index contributed by atoms with van der Waals surface area (Å²) in [4.78, 5) is 22.4. The van der Waals surface area contributed by atoms with E-state index < -0.39 is 43.2 Å². The molecular formula is C15H19NO7. The number of rotatable bonds is 5. The minimum atomic E-state index is -1.40. The number of hydrogen-bond acceptors (Lipinski definition) is 7. The topological polar surface area (TPSA) is 125 Å². The molecule has 8 heteroatoms. The van der Waals surface area contributed by atoms with Crippen LogP contribution in [0, 0.1) is 0 Å². The Morgan fingerprint density at radius 2 is 2.04 bits per heavy atom. The van der Waals surface area contributed by atoms with Crippen molar-refractivity contribution in [2.45, 2.75) is 37.6 Å². The molecule has 8 nitrogen and oxygen atoms in total. The minimum absolute atomic E-state index is 0.197. The van der Waals surface area contributed by atoms with Crippen molar-refractivity contribution in [3.8, 4) is 5.75 Å². The molecule has 1 saturated heterocycles. The first-order valence-electron chi connectivity index (χ1n) is 7.08. The molecule has 0 aromatic heterocycles. The number of carbonyl (C=O) groups is 2. The normalized spacial score (nSPS) is 30.5. The first kappa shape index (κ1) is 17.4. The quantitative estimate of drug-likeness (QED) is 0.502. The summed E-state index contributed by atoms with van der Waals surface area (Å²) < 4.78 is 11.0. The van der Waals surface area contributed by atoms with Crippen LogP contribution in [0.1, 0.15) is 17.3 Å². The Balaban J connectivity index is 2.27. The van der Waals surface area contributed by atoms with Gasteiger partial charge in [-0.3, -0.25) is 9.59 Å². The highest BCUT2D eigenvalue weighted by Crippen LogP contribution is 2.26. The number of aliphatic hydroxyl groups is 3. The van der Waals surface area contributed by atoms with Crippen LogP contribution < -0.4 is 10.1 Å². The van der Waals surface area contributed by atoms with Crippen LogP contribution in [0.3, 0.4) is 0 Å². The lowest BCUT2D eigenvalue weighted by Gasteiger charge is -2.42. The van der Waals surface area contributed by atoms with Crippen molar-refractivity contribution in [3.63, 3.8) is 0 Å². The Hall–Kier alpha value is -2.00. The van der Waals surface area contributed by atoms with Gasteiger partial charge in [0.1, 0.15) is 30.1 Å². The highest BCUT2D eigenvalue weighted by molar-refractivity contribution is 5.79. The van der Waals surface area contributed by atoms with Gasteiger partial charge in [-0.1, -0.05) is 12.1 Å². The summed E-state index contributed by atoms with van der Waals surface area (Å²) in [6.07, 6.45) is -4.46. The molecule has 2 rings (SSSR count). The van der Waals surface area contributed by atoms with Gasteiger partial charge in [-0.25, -0.2) is 0 Å². The van der Waals surface area contributed by atoms with Gasteiger partial charge in [-0.2, -0.15) is 0 Å². The van der Waals surface area contributed by atoms with E-state index in [2.05, 4.69) is 5.32 Å². The zero-order valence-corrected chi connectivity index (χ0v) is 12.5. The molecule has 1 fully saturated rings. The number of aliphatic hydroxyl groups excluding tert-OH is 3. The number of nitrogens with one attached hydrogen (secondary N) is 1. The van der Waals surface area contributed by atoms with Crippen molar-refractivity contribution in [2.24, 2.45) is 0 Å². The molecule has 0 spiro atoms. The van der Waals surface area contributed by atoms with Gasteiger partial charge >= 0.3 is 0 Å². The molecule has 1 amide bonds. The summed E-state index contributed by atoms with van der Waals surface area (Å²) in [6, 6.07) is 5.30. The van der Waals surface area contributed by atoms with Crippen LogP contribution in [-0.2, 0) is 9.53 Å². The van der Waals surface area contributed by atoms with E-state index in [1.807, 2.05) is 0 Å². The van der Waals surface area contributed by atoms with Gasteiger partial charge in [0, 0.05) is 6.92 Å². The fraction of sp³-hybridized carbons (Fsp3) is 0.467. The van der Waals surface area contributed by atoms with Crippen molar-refractivity contribution >= 4 is 12.2 Å². The second-order valence-electron chi connectivity index (χ2n) is 5.21. The van der Waals surface area contributed by atoms with E-state index in [1.54, 1.807) is 12.1 Å². The number of benzene rings is 1. The van der Waals surface area contributed by atoms with Crippen molar-refractivity contribution in [1.29, 1.82) is 0 Å². The van der Waals surface area contributed by atoms with E-state index in [4.69, 9.17) is 9.47 Å². The second-order valence-corrected chi connectivity index (χ2v) is 5.21. The molecule has 126 valence electrons. The molecule has 0 aliphatic carbocycles. The molecule has 0 bridgehead atoms. The number of hydrogen-bond donors (Lipinski definition) is 4. The van der Waals surface area contributed by atoms with E-state index in [0.717, 1.165) is 0 Å². The van der Waals surface area contributed by atoms with Crippen LogP contribution >= 0.6 is 0 Å². The molecule has 4 N–H and O–H groups in total. The van der Waals surface area contributed by atoms with Crippen LogP contribution in [0.4, 0.5) is 0 Å². The van der Waals surface area contributed by atoms with Crippen LogP contribution in [0.25, 0.3) is 0 Å². The highest BCUT2D eigenvalue weighted by Gasteiger charge is 2.46. The standard InChI is InChI=1S/C15H19NO7/c1-8(19)16-12-14(21)13(20)11(7-18)23-15(12)22-10-5-3-2-4-9(10)6-17/h2-6,11-15,18,20-21H,7H2,1H3,(H,16,19). The molecular weight excluding hydrogens is 306 g/mol. The maximum Gasteiger partial charge on any atom is 0.223 e. The molecule has 1 aliphatic rings. The van der Waals surface area contributed by atoms with Crippen LogP contribution in [-0.4, -0.2) is 64.8 Å². The van der Waals surface area contributed by atoms with Gasteiger partial charge in [0.15, 0.2) is 6.29 Å². The van der Waals surface area contributed by atoms with E-state index in [-0.39, 0.29) is 11.3 Å². The van der Waals surface area contributed by atoms with Crippen molar-refractivity contribution in [2.75, 3.05) is 6.61 Å². The lowest BCUT2D eigenvalue weighted by molar-refractivity contribution is -0.244. The van der Waals surface area contributed by atoms with Gasteiger partial charge in [0.25, 0.3) is 0 Å². The summed E-state index contributed by atoms with van der Waals surface area (Å²) in [5.41, 5.74) is 0.263. The fourth-order valence-corrected chi connectivity index (χ4v) is 2.38. The molecule has 0 radical (unpaired) electrons. The van der Waals surface area contributed by atoms with Gasteiger partial charge in [0.2, 0.25) is 12.2 Å². The molecule has 0 saturated carbocycles. The van der Waals surface area contributed by atoms with E-state index in [1.165, 1.54) is 19.1 Å². The zero-order valence-electron chi connectivity index (χ0n) is 12.5. The molecule has 1 heterocycles. The number of ether oxygens (including phenoxy) is 2. The minimum Gasteiger partial charge on any atom is -0.462 e. The fourth-order valence-electron chi connectivity index (χ4n) is 2.38. The Morgan fingerprint density at radius 3 is 2.65 bits per heavy atom. The molecule has 1 aromatic rings. The summed E-state index contributed by atoms with van der Waals surface area (Å²) >= 11 is 0. The number of aldehydes is 1. The summed E-state index contributed by atoms with van der Waals surface area (Å²) in [6.45, 7) is 0.702. The first-order chi connectivity index (χ1) is 11.0. The smallest absolute Gasteiger partial charge is 0.223 e. The average Bonchev–Trinajstić information content (AvgIpc) is 2.54. The monoisotopic (exact) mass is 325 g/mol. The highest BCUT2D eigenvalue weighted by atomic mass is 16.7. The van der Waals surface area contributed by atoms with Gasteiger partial charge < -0.3 is 30.1 Å². The predicted octanol–water partition coefficient (Wildman–Crippen LogP) is -1.18. The number of amides is 1. The Bertz CT molecular complexity index is 565. The van der Waals surface area contributed by atoms with E-state index in [9.17, 15) is 24.9 Å². The third-order valence-corrected chi connectivity index (χ3v) is 3.54. The van der Waals surface area contributed by atoms with Gasteiger partial charge in [-0.05, 0) is 12.1 Å². The van der Waals surface area contributed by atoms with Crippen LogP contribution in [0.15, 0.2) is 24.3 Å². The van der Waals surface area contributed by atoms with Crippen LogP contribution in [0.2, 0.25) is 0 Å². The third kappa shape index (κ3) is 3.85. The third-order valence-electron chi connectivity index (χ3n) is 3.54. The van der Waals surface area contributed by atoms with E-state index in [0.29, 0.717) is 6.29 Å². The van der Waals surface area contributed by atoms with Crippen LogP contribution in [0.5, 0.6) is 5.75 Å². The summed E-state index contributed by atoms with van der Waals surface area (Å²) in [5.74, 6) is -0.257. The SMILES string of the molecule is CC(=O)NC1C(Oc2ccccc2C=O)OC(CO)C(O)C1O. The van der Waals surface area contributed by atoms with Crippen molar-refractivity contribution < 1.29 is 34.4 Å². The maximum atomic E-state index is 11.3. The van der Waals surface area contributed by atoms with Crippen molar-refractivity contribution in [3.05, 3.63) is 29.8 Å². The molecule has 23 heavy (non-hydrogen) atoms. The summed E-state index contributed by atoms with van der Waals surface area (Å²) in [7, 11) is 0. The average molecular weight is 325 g/mol. The maximum absolute atomic E-state index is 11.3. The first-order valence-corrected chi connectivity index (χ1v) is 7.08. The molecule has 1 aliphatic heterocycles. The Kier molecular flexibility index (Phi) is 5.67. The van der Waals surface area contributed by atoms with Gasteiger partial charge in [0.05, 0.1) is 12.2 Å². The number of para-hydroxylation sites is 1. The molecule has 5 atom stereocenters. The second kappa shape index (κ2) is 7.51. The van der Waals surface area contributed by atoms with E-state index >= 15 is 0 Å². The largest absolute Gasteiger partial charge is 0.462 e. The summed E-state index contributed by atoms with van der Waals surface area (Å²) in [5, 5.41) is 31.7. The van der Waals surface area contributed by atoms with Gasteiger partial charge in [-0.15, -0.1) is 0 Å². The van der Waals surface area contributed by atoms with Crippen molar-refractivity contribution in [1.82, 2.24) is 5.32 Å². The lowest BCUT2D eigenvalue weighted by Crippen LogP contribution is -2.65. The lowest BCUT2D eigenvalue weighted by atomic mass is 9.97. The number of carbonyl (C=O) groups excluding carboxylic acids is 2. The molecule has 5 unspecified atom stereocenters. The Morgan fingerprint density at radius 1 is 1.35 bits per heavy atom. The Labute approximate surface area is 132 Å². The molecule has 1 aromatic carbocycles. The zero-order chi connectivity index (χ0) is 17.0.